The fourth-order valence-electron chi connectivity index (χ4n) is 3.53. The van der Waals surface area contributed by atoms with Gasteiger partial charge in [0.15, 0.2) is 0 Å². The lowest BCUT2D eigenvalue weighted by atomic mass is 10.1. The number of benzene rings is 1. The van der Waals surface area contributed by atoms with Crippen molar-refractivity contribution in [3.8, 4) is 0 Å². The molecule has 0 radical (unpaired) electrons. The molecule has 1 aliphatic rings. The van der Waals surface area contributed by atoms with Crippen molar-refractivity contribution in [3.63, 3.8) is 0 Å². The minimum Gasteiger partial charge on any atom is -0.338 e. The summed E-state index contributed by atoms with van der Waals surface area (Å²) in [5, 5.41) is 5.24. The molecule has 1 saturated carbocycles. The van der Waals surface area contributed by atoms with Crippen molar-refractivity contribution in [3.05, 3.63) is 52.8 Å². The van der Waals surface area contributed by atoms with Gasteiger partial charge in [-0.1, -0.05) is 36.9 Å². The molecule has 0 bridgehead atoms. The summed E-state index contributed by atoms with van der Waals surface area (Å²) >= 11 is 1.54. The number of hydrogen-bond donors (Lipinski definition) is 0. The molecule has 0 N–H and O–H groups in total. The predicted molar refractivity (Wildman–Crippen MR) is 115 cm³/mol. The Kier molecular flexibility index (Phi) is 5.85. The second-order valence-corrected chi connectivity index (χ2v) is 8.73. The minimum absolute atomic E-state index is 0.144. The van der Waals surface area contributed by atoms with E-state index in [0.717, 1.165) is 42.0 Å². The van der Waals surface area contributed by atoms with Gasteiger partial charge in [-0.2, -0.15) is 4.98 Å². The maximum atomic E-state index is 13.2. The van der Waals surface area contributed by atoms with Gasteiger partial charge in [0.2, 0.25) is 5.16 Å². The van der Waals surface area contributed by atoms with Gasteiger partial charge in [0.25, 0.3) is 11.7 Å². The molecule has 2 heterocycles. The first kappa shape index (κ1) is 19.9. The monoisotopic (exact) mass is 409 g/mol. The lowest BCUT2D eigenvalue weighted by molar-refractivity contribution is 0.0747. The number of rotatable bonds is 8. The van der Waals surface area contributed by atoms with Crippen LogP contribution in [0.3, 0.4) is 0 Å². The highest BCUT2D eigenvalue weighted by Crippen LogP contribution is 2.31. The molecule has 4 rings (SSSR count). The van der Waals surface area contributed by atoms with Gasteiger partial charge in [0, 0.05) is 35.8 Å². The first-order valence-electron chi connectivity index (χ1n) is 10.3. The van der Waals surface area contributed by atoms with Crippen LogP contribution < -0.4 is 0 Å². The van der Waals surface area contributed by atoms with Gasteiger partial charge in [-0.25, -0.2) is 9.50 Å². The molecule has 3 aromatic rings. The van der Waals surface area contributed by atoms with Gasteiger partial charge < -0.3 is 4.90 Å². The summed E-state index contributed by atoms with van der Waals surface area (Å²) in [6, 6.07) is 9.91. The maximum absolute atomic E-state index is 13.2. The molecule has 0 saturated heterocycles. The molecule has 1 fully saturated rings. The number of nitrogens with zero attached hydrogens (tertiary/aromatic N) is 5. The number of aryl methyl sites for hydroxylation is 2. The Hall–Kier alpha value is -2.41. The van der Waals surface area contributed by atoms with Crippen LogP contribution in [0.2, 0.25) is 0 Å². The molecule has 152 valence electrons. The number of carbonyl (C=O) groups is 1. The molecule has 0 atom stereocenters. The summed E-state index contributed by atoms with van der Waals surface area (Å²) in [5.41, 5.74) is 3.77. The zero-order valence-corrected chi connectivity index (χ0v) is 18.1. The largest absolute Gasteiger partial charge is 0.338 e. The lowest BCUT2D eigenvalue weighted by Crippen LogP contribution is -2.34. The van der Waals surface area contributed by atoms with Crippen LogP contribution in [0.15, 0.2) is 35.5 Å². The van der Waals surface area contributed by atoms with E-state index in [1.54, 1.807) is 16.3 Å². The number of amides is 1. The maximum Gasteiger partial charge on any atom is 0.254 e. The summed E-state index contributed by atoms with van der Waals surface area (Å²) in [5.74, 6) is 2.10. The van der Waals surface area contributed by atoms with Crippen LogP contribution in [0.5, 0.6) is 0 Å². The molecule has 0 aliphatic heterocycles. The average molecular weight is 410 g/mol. The first-order chi connectivity index (χ1) is 14.0. The highest BCUT2D eigenvalue weighted by molar-refractivity contribution is 7.98. The Morgan fingerprint density at radius 3 is 2.79 bits per heavy atom. The van der Waals surface area contributed by atoms with Crippen molar-refractivity contribution in [1.29, 1.82) is 0 Å². The van der Waals surface area contributed by atoms with Crippen molar-refractivity contribution in [2.45, 2.75) is 50.9 Å². The third kappa shape index (κ3) is 4.61. The van der Waals surface area contributed by atoms with Gasteiger partial charge in [-0.15, -0.1) is 5.10 Å². The van der Waals surface area contributed by atoms with E-state index in [4.69, 9.17) is 0 Å². The van der Waals surface area contributed by atoms with Crippen LogP contribution in [0.4, 0.5) is 0 Å². The van der Waals surface area contributed by atoms with Gasteiger partial charge in [-0.3, -0.25) is 4.79 Å². The van der Waals surface area contributed by atoms with Gasteiger partial charge in [0.1, 0.15) is 0 Å². The van der Waals surface area contributed by atoms with Gasteiger partial charge in [-0.05, 0) is 56.7 Å². The summed E-state index contributed by atoms with van der Waals surface area (Å²) in [6.45, 7) is 7.78. The predicted octanol–water partition coefficient (Wildman–Crippen LogP) is 4.30. The zero-order chi connectivity index (χ0) is 20.4. The smallest absolute Gasteiger partial charge is 0.254 e. The molecule has 29 heavy (non-hydrogen) atoms. The zero-order valence-electron chi connectivity index (χ0n) is 17.3. The van der Waals surface area contributed by atoms with Crippen LogP contribution in [-0.2, 0) is 5.75 Å². The summed E-state index contributed by atoms with van der Waals surface area (Å²) in [6.07, 6.45) is 3.47. The van der Waals surface area contributed by atoms with E-state index in [1.807, 2.05) is 49.1 Å². The third-order valence-electron chi connectivity index (χ3n) is 5.16. The highest BCUT2D eigenvalue weighted by atomic mass is 32.2. The van der Waals surface area contributed by atoms with E-state index >= 15 is 0 Å². The minimum atomic E-state index is 0.144. The Balaban J connectivity index is 1.52. The molecule has 0 unspecified atom stereocenters. The van der Waals surface area contributed by atoms with Crippen molar-refractivity contribution in [1.82, 2.24) is 24.5 Å². The number of carbonyl (C=O) groups excluding carboxylic acids is 1. The molecule has 1 aromatic carbocycles. The number of fused-ring (bicyclic) bond motifs is 1. The summed E-state index contributed by atoms with van der Waals surface area (Å²) in [4.78, 5) is 24.2. The van der Waals surface area contributed by atoms with Gasteiger partial charge >= 0.3 is 0 Å². The van der Waals surface area contributed by atoms with Crippen molar-refractivity contribution < 1.29 is 4.79 Å². The first-order valence-corrected chi connectivity index (χ1v) is 11.2. The summed E-state index contributed by atoms with van der Waals surface area (Å²) in [7, 11) is 0. The Labute approximate surface area is 175 Å². The van der Waals surface area contributed by atoms with E-state index in [2.05, 4.69) is 22.0 Å². The highest BCUT2D eigenvalue weighted by Gasteiger charge is 2.27. The number of thioether (sulfide) groups is 1. The molecule has 6 nitrogen and oxygen atoms in total. The van der Waals surface area contributed by atoms with Crippen LogP contribution in [0.25, 0.3) is 5.78 Å². The molecule has 1 amide bonds. The average Bonchev–Trinajstić information content (AvgIpc) is 3.42. The van der Waals surface area contributed by atoms with Crippen LogP contribution in [0.1, 0.15) is 53.5 Å². The number of hydrogen-bond acceptors (Lipinski definition) is 5. The van der Waals surface area contributed by atoms with E-state index in [0.29, 0.717) is 22.6 Å². The lowest BCUT2D eigenvalue weighted by Gasteiger charge is -2.23. The topological polar surface area (TPSA) is 63.4 Å². The van der Waals surface area contributed by atoms with E-state index < -0.39 is 0 Å². The van der Waals surface area contributed by atoms with Crippen molar-refractivity contribution >= 4 is 23.4 Å². The SMILES string of the molecule is CCCN(CC1CC1)C(=O)c1ccccc1CSc1nc2nc(C)cc(C)n2n1. The number of aromatic nitrogens is 4. The second-order valence-electron chi connectivity index (χ2n) is 7.79. The summed E-state index contributed by atoms with van der Waals surface area (Å²) < 4.78 is 1.77. The van der Waals surface area contributed by atoms with Crippen LogP contribution >= 0.6 is 11.8 Å². The van der Waals surface area contributed by atoms with Crippen LogP contribution in [0, 0.1) is 19.8 Å². The van der Waals surface area contributed by atoms with Crippen LogP contribution in [-0.4, -0.2) is 43.5 Å². The third-order valence-corrected chi connectivity index (χ3v) is 6.05. The standard InChI is InChI=1S/C22H27N5OS/c1-4-11-26(13-17-9-10-17)20(28)19-8-6-5-7-18(19)14-29-22-24-21-23-15(2)12-16(3)27(21)25-22/h5-8,12,17H,4,9-11,13-14H2,1-3H3. The molecule has 7 heteroatoms. The van der Waals surface area contributed by atoms with Gasteiger partial charge in [0.05, 0.1) is 0 Å². The Bertz CT molecular complexity index is 1030. The van der Waals surface area contributed by atoms with Crippen molar-refractivity contribution in [2.75, 3.05) is 13.1 Å². The van der Waals surface area contributed by atoms with E-state index in [9.17, 15) is 4.79 Å². The molecular formula is C22H27N5OS. The van der Waals surface area contributed by atoms with Crippen molar-refractivity contribution in [2.24, 2.45) is 5.92 Å². The Morgan fingerprint density at radius 1 is 1.24 bits per heavy atom. The fourth-order valence-corrected chi connectivity index (χ4v) is 4.36. The normalized spacial score (nSPS) is 13.8. The van der Waals surface area contributed by atoms with E-state index in [1.165, 1.54) is 12.8 Å². The second kappa shape index (κ2) is 8.53. The molecular weight excluding hydrogens is 382 g/mol. The fraction of sp³-hybridized carbons (Fsp3) is 0.455. The van der Waals surface area contributed by atoms with E-state index in [-0.39, 0.29) is 5.91 Å². The molecule has 2 aromatic heterocycles. The molecule has 0 spiro atoms. The Morgan fingerprint density at radius 2 is 2.03 bits per heavy atom. The molecule has 1 aliphatic carbocycles. The quantitative estimate of drug-likeness (QED) is 0.519.